The second kappa shape index (κ2) is 7.80. The molecule has 1 fully saturated rings. The zero-order valence-electron chi connectivity index (χ0n) is 13.3. The third kappa shape index (κ3) is 4.60. The van der Waals surface area contributed by atoms with Gasteiger partial charge in [-0.05, 0) is 37.9 Å². The van der Waals surface area contributed by atoms with E-state index in [2.05, 4.69) is 61.3 Å². The molecule has 1 aromatic rings. The molecule has 2 unspecified atom stereocenters. The molecule has 2 nitrogen and oxygen atoms in total. The average molecular weight is 274 g/mol. The molecule has 0 aliphatic heterocycles. The number of rotatable bonds is 9. The van der Waals surface area contributed by atoms with E-state index in [-0.39, 0.29) is 0 Å². The number of nitrogens with zero attached hydrogens (tertiary/aromatic N) is 1. The van der Waals surface area contributed by atoms with Crippen molar-refractivity contribution < 1.29 is 0 Å². The van der Waals surface area contributed by atoms with Crippen LogP contribution in [0.2, 0.25) is 0 Å². The molecule has 1 aliphatic rings. The molecule has 20 heavy (non-hydrogen) atoms. The van der Waals surface area contributed by atoms with E-state index in [4.69, 9.17) is 0 Å². The fraction of sp³-hybridized carbons (Fsp3) is 0.667. The molecule has 2 heteroatoms. The molecule has 0 radical (unpaired) electrons. The molecular formula is C18H30N2. The molecule has 0 aromatic heterocycles. The number of likely N-dealkylation sites (N-methyl/N-ethyl adjacent to an activating group) is 1. The van der Waals surface area contributed by atoms with E-state index in [9.17, 15) is 0 Å². The Labute approximate surface area is 124 Å². The summed E-state index contributed by atoms with van der Waals surface area (Å²) in [6, 6.07) is 12.1. The molecule has 0 heterocycles. The van der Waals surface area contributed by atoms with Crippen molar-refractivity contribution in [2.45, 2.75) is 52.1 Å². The van der Waals surface area contributed by atoms with Gasteiger partial charge in [0, 0.05) is 18.6 Å². The Hall–Kier alpha value is -0.860. The molecule has 0 spiro atoms. The maximum atomic E-state index is 3.76. The van der Waals surface area contributed by atoms with Crippen molar-refractivity contribution in [2.75, 3.05) is 19.6 Å². The number of hydrogen-bond acceptors (Lipinski definition) is 2. The maximum Gasteiger partial charge on any atom is 0.0472 e. The lowest BCUT2D eigenvalue weighted by molar-refractivity contribution is 0.208. The van der Waals surface area contributed by atoms with Crippen molar-refractivity contribution >= 4 is 0 Å². The first-order valence-electron chi connectivity index (χ1n) is 8.27. The van der Waals surface area contributed by atoms with Crippen LogP contribution in [0.5, 0.6) is 0 Å². The average Bonchev–Trinajstić information content (AvgIpc) is 3.28. The fourth-order valence-corrected chi connectivity index (χ4v) is 3.05. The van der Waals surface area contributed by atoms with Gasteiger partial charge in [-0.15, -0.1) is 0 Å². The summed E-state index contributed by atoms with van der Waals surface area (Å²) in [5, 5.41) is 3.76. The first-order valence-corrected chi connectivity index (χ1v) is 8.27. The third-order valence-corrected chi connectivity index (χ3v) is 4.48. The minimum absolute atomic E-state index is 0.493. The molecule has 112 valence electrons. The van der Waals surface area contributed by atoms with Crippen LogP contribution in [0.1, 0.15) is 51.6 Å². The van der Waals surface area contributed by atoms with Gasteiger partial charge in [0.15, 0.2) is 0 Å². The highest BCUT2D eigenvalue weighted by atomic mass is 15.2. The van der Waals surface area contributed by atoms with Crippen LogP contribution >= 0.6 is 0 Å². The highest BCUT2D eigenvalue weighted by molar-refractivity contribution is 5.19. The van der Waals surface area contributed by atoms with Crippen molar-refractivity contribution in [1.82, 2.24) is 10.2 Å². The maximum absolute atomic E-state index is 3.76. The van der Waals surface area contributed by atoms with Crippen molar-refractivity contribution in [3.8, 4) is 0 Å². The van der Waals surface area contributed by atoms with Crippen molar-refractivity contribution in [1.29, 1.82) is 0 Å². The number of nitrogens with one attached hydrogen (secondary N) is 1. The Morgan fingerprint density at radius 2 is 1.80 bits per heavy atom. The van der Waals surface area contributed by atoms with Gasteiger partial charge in [0.25, 0.3) is 0 Å². The molecule has 1 N–H and O–H groups in total. The zero-order chi connectivity index (χ0) is 14.4. The van der Waals surface area contributed by atoms with Gasteiger partial charge < -0.3 is 5.32 Å². The predicted octanol–water partition coefficient (Wildman–Crippen LogP) is 3.85. The van der Waals surface area contributed by atoms with Crippen LogP contribution in [0, 0.1) is 5.92 Å². The molecule has 0 bridgehead atoms. The second-order valence-corrected chi connectivity index (χ2v) is 6.14. The third-order valence-electron chi connectivity index (χ3n) is 4.48. The Bertz CT molecular complexity index is 368. The van der Waals surface area contributed by atoms with Crippen molar-refractivity contribution in [2.24, 2.45) is 5.92 Å². The van der Waals surface area contributed by atoms with Crippen LogP contribution in [-0.4, -0.2) is 30.6 Å². The Balaban J connectivity index is 1.94. The van der Waals surface area contributed by atoms with Crippen LogP contribution in [0.3, 0.4) is 0 Å². The van der Waals surface area contributed by atoms with Gasteiger partial charge in [0.2, 0.25) is 0 Å². The Kier molecular flexibility index (Phi) is 6.06. The summed E-state index contributed by atoms with van der Waals surface area (Å²) in [6.07, 6.45) is 4.24. The fourth-order valence-electron chi connectivity index (χ4n) is 3.05. The lowest BCUT2D eigenvalue weighted by Crippen LogP contribution is -2.39. The van der Waals surface area contributed by atoms with E-state index in [1.807, 2.05) is 0 Å². The second-order valence-electron chi connectivity index (χ2n) is 6.14. The van der Waals surface area contributed by atoms with Gasteiger partial charge in [-0.3, -0.25) is 4.90 Å². The minimum atomic E-state index is 0.493. The van der Waals surface area contributed by atoms with Gasteiger partial charge in [-0.1, -0.05) is 57.0 Å². The predicted molar refractivity (Wildman–Crippen MR) is 86.9 cm³/mol. The largest absolute Gasteiger partial charge is 0.312 e. The minimum Gasteiger partial charge on any atom is -0.312 e. The number of benzene rings is 1. The first-order chi connectivity index (χ1) is 9.74. The topological polar surface area (TPSA) is 15.3 Å². The van der Waals surface area contributed by atoms with E-state index in [1.54, 1.807) is 0 Å². The quantitative estimate of drug-likeness (QED) is 0.736. The summed E-state index contributed by atoms with van der Waals surface area (Å²) in [4.78, 5) is 2.55. The molecule has 1 aliphatic carbocycles. The molecule has 1 aromatic carbocycles. The number of hydrogen-bond donors (Lipinski definition) is 1. The normalized spacial score (nSPS) is 18.2. The van der Waals surface area contributed by atoms with Crippen LogP contribution in [0.4, 0.5) is 0 Å². The first kappa shape index (κ1) is 15.5. The summed E-state index contributed by atoms with van der Waals surface area (Å²) in [5.41, 5.74) is 1.43. The monoisotopic (exact) mass is 274 g/mol. The molecule has 2 rings (SSSR count). The summed E-state index contributed by atoms with van der Waals surface area (Å²) < 4.78 is 0. The van der Waals surface area contributed by atoms with Crippen LogP contribution in [-0.2, 0) is 0 Å². The zero-order valence-corrected chi connectivity index (χ0v) is 13.3. The summed E-state index contributed by atoms with van der Waals surface area (Å²) in [6.45, 7) is 10.1. The Morgan fingerprint density at radius 3 is 2.35 bits per heavy atom. The van der Waals surface area contributed by atoms with Crippen molar-refractivity contribution in [3.63, 3.8) is 0 Å². The van der Waals surface area contributed by atoms with Gasteiger partial charge in [0.05, 0.1) is 0 Å². The van der Waals surface area contributed by atoms with E-state index < -0.39 is 0 Å². The summed E-state index contributed by atoms with van der Waals surface area (Å²) in [7, 11) is 0. The molecule has 0 amide bonds. The van der Waals surface area contributed by atoms with Crippen molar-refractivity contribution in [3.05, 3.63) is 35.9 Å². The summed E-state index contributed by atoms with van der Waals surface area (Å²) >= 11 is 0. The van der Waals surface area contributed by atoms with E-state index >= 15 is 0 Å². The SMILES string of the molecule is CCN(CC)C(CNC(C)CC1CC1)c1ccccc1. The lowest BCUT2D eigenvalue weighted by atomic mass is 10.0. The van der Waals surface area contributed by atoms with Crippen LogP contribution < -0.4 is 5.32 Å². The van der Waals surface area contributed by atoms with Gasteiger partial charge in [0.1, 0.15) is 0 Å². The highest BCUT2D eigenvalue weighted by Gasteiger charge is 2.24. The summed E-state index contributed by atoms with van der Waals surface area (Å²) in [5.74, 6) is 1.00. The van der Waals surface area contributed by atoms with Gasteiger partial charge in [-0.2, -0.15) is 0 Å². The van der Waals surface area contributed by atoms with Crippen LogP contribution in [0.25, 0.3) is 0 Å². The van der Waals surface area contributed by atoms with Crippen LogP contribution in [0.15, 0.2) is 30.3 Å². The van der Waals surface area contributed by atoms with E-state index in [0.29, 0.717) is 12.1 Å². The van der Waals surface area contributed by atoms with E-state index in [1.165, 1.54) is 24.8 Å². The standard InChI is InChI=1S/C18H30N2/c1-4-20(5-2)18(17-9-7-6-8-10-17)14-19-15(3)13-16-11-12-16/h6-10,15-16,18-19H,4-5,11-14H2,1-3H3. The van der Waals surface area contributed by atoms with Gasteiger partial charge >= 0.3 is 0 Å². The smallest absolute Gasteiger partial charge is 0.0472 e. The molecule has 0 saturated heterocycles. The highest BCUT2D eigenvalue weighted by Crippen LogP contribution is 2.33. The molecular weight excluding hydrogens is 244 g/mol. The Morgan fingerprint density at radius 1 is 1.15 bits per heavy atom. The van der Waals surface area contributed by atoms with E-state index in [0.717, 1.165) is 25.6 Å². The lowest BCUT2D eigenvalue weighted by Gasteiger charge is -2.31. The van der Waals surface area contributed by atoms with Gasteiger partial charge in [-0.25, -0.2) is 0 Å². The molecule has 1 saturated carbocycles. The molecule has 2 atom stereocenters.